The van der Waals surface area contributed by atoms with E-state index in [1.165, 1.54) is 34.4 Å². The fourth-order valence-corrected chi connectivity index (χ4v) is 5.43. The second-order valence-corrected chi connectivity index (χ2v) is 10.1. The monoisotopic (exact) mass is 446 g/mol. The van der Waals surface area contributed by atoms with E-state index in [1.54, 1.807) is 0 Å². The SMILES string of the molecule is Cc1sc(NC(=O)CCSCCC(=O)Nc2sc(C)c(C)c2C#N)c(C#N)c1C. The number of thioether (sulfide) groups is 1. The third-order valence-electron chi connectivity index (χ3n) is 4.45. The van der Waals surface area contributed by atoms with E-state index in [0.717, 1.165) is 20.9 Å². The Hall–Kier alpha value is -2.33. The van der Waals surface area contributed by atoms with Gasteiger partial charge in [-0.25, -0.2) is 0 Å². The summed E-state index contributed by atoms with van der Waals surface area (Å²) in [4.78, 5) is 26.3. The summed E-state index contributed by atoms with van der Waals surface area (Å²) in [5.41, 5.74) is 2.87. The van der Waals surface area contributed by atoms with E-state index in [2.05, 4.69) is 22.8 Å². The van der Waals surface area contributed by atoms with Crippen LogP contribution in [0, 0.1) is 50.4 Å². The Bertz CT molecular complexity index is 928. The predicted molar refractivity (Wildman–Crippen MR) is 121 cm³/mol. The number of nitrogens with zero attached hydrogens (tertiary/aromatic N) is 2. The summed E-state index contributed by atoms with van der Waals surface area (Å²) in [6.07, 6.45) is 0.629. The minimum absolute atomic E-state index is 0.136. The van der Waals surface area contributed by atoms with Crippen molar-refractivity contribution in [3.8, 4) is 12.1 Å². The highest BCUT2D eigenvalue weighted by atomic mass is 32.2. The molecule has 2 N–H and O–H groups in total. The Morgan fingerprint density at radius 1 is 0.828 bits per heavy atom. The van der Waals surface area contributed by atoms with Gasteiger partial charge in [-0.2, -0.15) is 22.3 Å². The molecule has 2 amide bonds. The van der Waals surface area contributed by atoms with Crippen LogP contribution in [0.25, 0.3) is 0 Å². The molecule has 152 valence electrons. The molecule has 0 atom stereocenters. The van der Waals surface area contributed by atoms with Crippen molar-refractivity contribution in [2.75, 3.05) is 22.1 Å². The van der Waals surface area contributed by atoms with Crippen molar-refractivity contribution in [3.05, 3.63) is 32.0 Å². The van der Waals surface area contributed by atoms with Gasteiger partial charge in [0.15, 0.2) is 0 Å². The van der Waals surface area contributed by atoms with Crippen LogP contribution in [0.2, 0.25) is 0 Å². The van der Waals surface area contributed by atoms with E-state index >= 15 is 0 Å². The first kappa shape index (κ1) is 23.0. The smallest absolute Gasteiger partial charge is 0.225 e. The molecule has 0 aromatic carbocycles. The average Bonchev–Trinajstić information content (AvgIpc) is 3.09. The van der Waals surface area contributed by atoms with Gasteiger partial charge in [-0.05, 0) is 38.8 Å². The van der Waals surface area contributed by atoms with Crippen LogP contribution < -0.4 is 10.6 Å². The van der Waals surface area contributed by atoms with E-state index in [1.807, 2.05) is 27.7 Å². The topological polar surface area (TPSA) is 106 Å². The van der Waals surface area contributed by atoms with Crippen LogP contribution in [-0.2, 0) is 9.59 Å². The summed E-state index contributed by atoms with van der Waals surface area (Å²) in [5, 5.41) is 25.3. The lowest BCUT2D eigenvalue weighted by Gasteiger charge is -2.05. The standard InChI is InChI=1S/C20H22N4O2S3/c1-11-13(3)28-19(15(11)9-21)23-17(25)5-7-27-8-6-18(26)24-20-16(10-22)12(2)14(4)29-20/h5-8H2,1-4H3,(H,23,25)(H,24,26). The van der Waals surface area contributed by atoms with Gasteiger partial charge in [0.25, 0.3) is 0 Å². The highest BCUT2D eigenvalue weighted by Crippen LogP contribution is 2.32. The van der Waals surface area contributed by atoms with Crippen LogP contribution in [-0.4, -0.2) is 23.3 Å². The van der Waals surface area contributed by atoms with Crippen molar-refractivity contribution in [1.29, 1.82) is 10.5 Å². The van der Waals surface area contributed by atoms with Crippen LogP contribution in [0.3, 0.4) is 0 Å². The van der Waals surface area contributed by atoms with Gasteiger partial charge in [0.1, 0.15) is 22.1 Å². The molecule has 2 aromatic rings. The third-order valence-corrected chi connectivity index (χ3v) is 7.68. The van der Waals surface area contributed by atoms with E-state index in [-0.39, 0.29) is 11.8 Å². The van der Waals surface area contributed by atoms with Crippen molar-refractivity contribution >= 4 is 56.3 Å². The zero-order valence-corrected chi connectivity index (χ0v) is 19.2. The molecule has 0 aliphatic rings. The van der Waals surface area contributed by atoms with Gasteiger partial charge in [0, 0.05) is 34.1 Å². The quantitative estimate of drug-likeness (QED) is 0.562. The molecule has 0 unspecified atom stereocenters. The summed E-state index contributed by atoms with van der Waals surface area (Å²) in [5.74, 6) is 0.904. The molecule has 6 nitrogen and oxygen atoms in total. The third kappa shape index (κ3) is 5.83. The first-order valence-corrected chi connectivity index (χ1v) is 11.7. The van der Waals surface area contributed by atoms with Crippen LogP contribution in [0.1, 0.15) is 44.8 Å². The maximum absolute atomic E-state index is 12.1. The van der Waals surface area contributed by atoms with Crippen LogP contribution >= 0.6 is 34.4 Å². The number of hydrogen-bond acceptors (Lipinski definition) is 7. The molecule has 29 heavy (non-hydrogen) atoms. The maximum atomic E-state index is 12.1. The predicted octanol–water partition coefficient (Wildman–Crippen LogP) is 4.88. The Balaban J connectivity index is 1.72. The molecule has 0 spiro atoms. The van der Waals surface area contributed by atoms with Gasteiger partial charge in [-0.1, -0.05) is 0 Å². The Labute approximate surface area is 182 Å². The molecule has 2 aromatic heterocycles. The van der Waals surface area contributed by atoms with Gasteiger partial charge < -0.3 is 10.6 Å². The Kier molecular flexibility index (Phi) is 8.27. The second-order valence-electron chi connectivity index (χ2n) is 6.41. The van der Waals surface area contributed by atoms with Gasteiger partial charge in [-0.15, -0.1) is 22.7 Å². The molecule has 0 aliphatic heterocycles. The second kappa shape index (κ2) is 10.4. The average molecular weight is 447 g/mol. The summed E-state index contributed by atoms with van der Waals surface area (Å²) in [6.45, 7) is 7.60. The molecule has 2 rings (SSSR count). The summed E-state index contributed by atoms with van der Waals surface area (Å²) < 4.78 is 0. The summed E-state index contributed by atoms with van der Waals surface area (Å²) in [7, 11) is 0. The van der Waals surface area contributed by atoms with Gasteiger partial charge in [0.2, 0.25) is 11.8 Å². The van der Waals surface area contributed by atoms with Crippen LogP contribution in [0.5, 0.6) is 0 Å². The number of hydrogen-bond donors (Lipinski definition) is 2. The number of thiophene rings is 2. The highest BCUT2D eigenvalue weighted by molar-refractivity contribution is 7.99. The first-order valence-electron chi connectivity index (χ1n) is 8.96. The molecule has 0 fully saturated rings. The van der Waals surface area contributed by atoms with Crippen molar-refractivity contribution < 1.29 is 9.59 Å². The molecule has 2 heterocycles. The van der Waals surface area contributed by atoms with Crippen LogP contribution in [0.4, 0.5) is 10.0 Å². The summed E-state index contributed by atoms with van der Waals surface area (Å²) >= 11 is 4.35. The minimum atomic E-state index is -0.136. The Morgan fingerprint density at radius 3 is 1.55 bits per heavy atom. The number of amides is 2. The number of rotatable bonds is 8. The largest absolute Gasteiger partial charge is 0.317 e. The molecule has 0 bridgehead atoms. The first-order chi connectivity index (χ1) is 13.8. The zero-order valence-electron chi connectivity index (χ0n) is 16.8. The number of carbonyl (C=O) groups excluding carboxylic acids is 2. The van der Waals surface area contributed by atoms with Gasteiger partial charge in [-0.3, -0.25) is 9.59 Å². The number of nitriles is 2. The van der Waals surface area contributed by atoms with Crippen molar-refractivity contribution in [3.63, 3.8) is 0 Å². The maximum Gasteiger partial charge on any atom is 0.225 e. The molecular formula is C20H22N4O2S3. The van der Waals surface area contributed by atoms with E-state index in [0.29, 0.717) is 45.5 Å². The van der Waals surface area contributed by atoms with Crippen molar-refractivity contribution in [1.82, 2.24) is 0 Å². The highest BCUT2D eigenvalue weighted by Gasteiger charge is 2.16. The Morgan fingerprint density at radius 2 is 1.21 bits per heavy atom. The van der Waals surface area contributed by atoms with Crippen molar-refractivity contribution in [2.45, 2.75) is 40.5 Å². The fourth-order valence-electron chi connectivity index (χ4n) is 2.51. The van der Waals surface area contributed by atoms with Crippen LogP contribution in [0.15, 0.2) is 0 Å². The molecular weight excluding hydrogens is 424 g/mol. The molecule has 0 saturated carbocycles. The minimum Gasteiger partial charge on any atom is -0.317 e. The number of anilines is 2. The van der Waals surface area contributed by atoms with E-state index < -0.39 is 0 Å². The summed E-state index contributed by atoms with van der Waals surface area (Å²) in [6, 6.07) is 4.28. The van der Waals surface area contributed by atoms with Gasteiger partial charge >= 0.3 is 0 Å². The normalized spacial score (nSPS) is 10.3. The van der Waals surface area contributed by atoms with Crippen molar-refractivity contribution in [2.24, 2.45) is 0 Å². The zero-order chi connectivity index (χ0) is 21.6. The molecule has 0 radical (unpaired) electrons. The number of carbonyl (C=O) groups is 2. The lowest BCUT2D eigenvalue weighted by molar-refractivity contribution is -0.116. The molecule has 9 heteroatoms. The number of nitrogens with one attached hydrogen (secondary N) is 2. The fraction of sp³-hybridized carbons (Fsp3) is 0.400. The van der Waals surface area contributed by atoms with Gasteiger partial charge in [0.05, 0.1) is 11.1 Å². The van der Waals surface area contributed by atoms with E-state index in [9.17, 15) is 20.1 Å². The van der Waals surface area contributed by atoms with E-state index in [4.69, 9.17) is 0 Å². The lowest BCUT2D eigenvalue weighted by Crippen LogP contribution is -2.14. The number of aryl methyl sites for hydroxylation is 2. The molecule has 0 aliphatic carbocycles. The lowest BCUT2D eigenvalue weighted by atomic mass is 10.2. The molecule has 0 saturated heterocycles.